The van der Waals surface area contributed by atoms with Gasteiger partial charge in [0, 0.05) is 11.6 Å². The molecule has 2 heterocycles. The predicted molar refractivity (Wildman–Crippen MR) is 59.4 cm³/mol. The summed E-state index contributed by atoms with van der Waals surface area (Å²) in [5.41, 5.74) is 0.887. The van der Waals surface area contributed by atoms with Gasteiger partial charge in [0.1, 0.15) is 5.82 Å². The topological polar surface area (TPSA) is 32.3 Å². The van der Waals surface area contributed by atoms with E-state index in [-0.39, 0.29) is 17.4 Å². The van der Waals surface area contributed by atoms with Gasteiger partial charge >= 0.3 is 0 Å². The Kier molecular flexibility index (Phi) is 2.10. The number of halogens is 1. The molecule has 2 atom stereocenters. The quantitative estimate of drug-likeness (QED) is 0.800. The Morgan fingerprint density at radius 1 is 1.50 bits per heavy atom. The lowest BCUT2D eigenvalue weighted by Crippen LogP contribution is -2.40. The van der Waals surface area contributed by atoms with Gasteiger partial charge in [-0.2, -0.15) is 0 Å². The maximum absolute atomic E-state index is 13.1. The number of rotatable bonds is 2. The monoisotopic (exact) mass is 221 g/mol. The van der Waals surface area contributed by atoms with Crippen LogP contribution in [0.25, 0.3) is 0 Å². The molecule has 1 aromatic carbocycles. The zero-order valence-electron chi connectivity index (χ0n) is 9.28. The molecule has 16 heavy (non-hydrogen) atoms. The second kappa shape index (κ2) is 3.28. The molecule has 2 saturated heterocycles. The van der Waals surface area contributed by atoms with Crippen LogP contribution in [0.3, 0.4) is 0 Å². The molecular formula is C13H16FNO. The van der Waals surface area contributed by atoms with Crippen LogP contribution in [-0.2, 0) is 0 Å². The SMILES string of the molecule is CC12CC(C1)C([C@@H](O)c1cccc(F)c1)N2. The summed E-state index contributed by atoms with van der Waals surface area (Å²) in [6.07, 6.45) is 1.67. The van der Waals surface area contributed by atoms with Gasteiger partial charge in [0.05, 0.1) is 6.10 Å². The molecule has 4 rings (SSSR count). The number of aliphatic hydroxyl groups excluding tert-OH is 1. The Balaban J connectivity index is 1.81. The van der Waals surface area contributed by atoms with Crippen LogP contribution in [0.1, 0.15) is 31.4 Å². The van der Waals surface area contributed by atoms with Crippen molar-refractivity contribution < 1.29 is 9.50 Å². The normalized spacial score (nSPS) is 38.2. The summed E-state index contributed by atoms with van der Waals surface area (Å²) >= 11 is 0. The molecule has 0 radical (unpaired) electrons. The van der Waals surface area contributed by atoms with E-state index >= 15 is 0 Å². The Labute approximate surface area is 94.5 Å². The Hall–Kier alpha value is -0.930. The minimum Gasteiger partial charge on any atom is -0.387 e. The van der Waals surface area contributed by atoms with Crippen molar-refractivity contribution in [2.75, 3.05) is 0 Å². The summed E-state index contributed by atoms with van der Waals surface area (Å²) in [5.74, 6) is 0.261. The van der Waals surface area contributed by atoms with E-state index in [0.717, 1.165) is 12.8 Å². The van der Waals surface area contributed by atoms with Crippen molar-refractivity contribution in [3.05, 3.63) is 35.6 Å². The van der Waals surface area contributed by atoms with Gasteiger partial charge in [0.2, 0.25) is 0 Å². The average Bonchev–Trinajstić information content (AvgIpc) is 2.70. The molecule has 1 saturated carbocycles. The third-order valence-corrected chi connectivity index (χ3v) is 3.98. The zero-order chi connectivity index (χ0) is 11.3. The van der Waals surface area contributed by atoms with Crippen molar-refractivity contribution in [1.29, 1.82) is 0 Å². The molecule has 3 heteroatoms. The van der Waals surface area contributed by atoms with Crippen molar-refractivity contribution >= 4 is 0 Å². The zero-order valence-corrected chi connectivity index (χ0v) is 9.28. The molecule has 2 aliphatic heterocycles. The Bertz CT molecular complexity index is 414. The van der Waals surface area contributed by atoms with Gasteiger partial charge in [-0.15, -0.1) is 0 Å². The predicted octanol–water partition coefficient (Wildman–Crippen LogP) is 2.00. The summed E-state index contributed by atoms with van der Waals surface area (Å²) in [7, 11) is 0. The molecule has 1 unspecified atom stereocenters. The fraction of sp³-hybridized carbons (Fsp3) is 0.538. The highest BCUT2D eigenvalue weighted by molar-refractivity contribution is 5.24. The van der Waals surface area contributed by atoms with Crippen LogP contribution in [0.4, 0.5) is 4.39 Å². The number of hydrogen-bond donors (Lipinski definition) is 2. The lowest BCUT2D eigenvalue weighted by atomic mass is 9.72. The maximum atomic E-state index is 13.1. The van der Waals surface area contributed by atoms with Gasteiger partial charge in [0.25, 0.3) is 0 Å². The third-order valence-electron chi connectivity index (χ3n) is 3.98. The highest BCUT2D eigenvalue weighted by atomic mass is 19.1. The first-order chi connectivity index (χ1) is 7.57. The molecule has 3 aliphatic rings. The number of nitrogens with one attached hydrogen (secondary N) is 1. The van der Waals surface area contributed by atoms with E-state index in [1.54, 1.807) is 12.1 Å². The van der Waals surface area contributed by atoms with E-state index in [9.17, 15) is 9.50 Å². The van der Waals surface area contributed by atoms with Gasteiger partial charge in [-0.05, 0) is 43.4 Å². The van der Waals surface area contributed by atoms with Crippen LogP contribution in [0.15, 0.2) is 24.3 Å². The summed E-state index contributed by atoms with van der Waals surface area (Å²) < 4.78 is 13.1. The summed E-state index contributed by atoms with van der Waals surface area (Å²) in [4.78, 5) is 0. The first kappa shape index (κ1) is 10.2. The van der Waals surface area contributed by atoms with E-state index in [1.165, 1.54) is 12.1 Å². The molecule has 1 aromatic rings. The molecule has 1 aliphatic carbocycles. The van der Waals surface area contributed by atoms with Crippen molar-refractivity contribution in [3.8, 4) is 0 Å². The van der Waals surface area contributed by atoms with Crippen LogP contribution in [0.2, 0.25) is 0 Å². The highest BCUT2D eigenvalue weighted by Gasteiger charge is 2.54. The number of hydrogen-bond acceptors (Lipinski definition) is 2. The lowest BCUT2D eigenvalue weighted by Gasteiger charge is -2.33. The molecule has 0 amide bonds. The molecule has 3 fully saturated rings. The van der Waals surface area contributed by atoms with Crippen molar-refractivity contribution in [3.63, 3.8) is 0 Å². The Morgan fingerprint density at radius 3 is 2.81 bits per heavy atom. The number of benzene rings is 1. The summed E-state index contributed by atoms with van der Waals surface area (Å²) in [6.45, 7) is 2.18. The minimum atomic E-state index is -0.593. The van der Waals surface area contributed by atoms with E-state index in [2.05, 4.69) is 12.2 Å². The number of fused-ring (bicyclic) bond motifs is 1. The second-order valence-electron chi connectivity index (χ2n) is 5.40. The fourth-order valence-corrected chi connectivity index (χ4v) is 3.22. The summed E-state index contributed by atoms with van der Waals surface area (Å²) in [5, 5.41) is 13.7. The Morgan fingerprint density at radius 2 is 2.25 bits per heavy atom. The highest BCUT2D eigenvalue weighted by Crippen LogP contribution is 2.50. The van der Waals surface area contributed by atoms with Gasteiger partial charge in [-0.25, -0.2) is 4.39 Å². The molecule has 2 N–H and O–H groups in total. The standard InChI is InChI=1S/C13H16FNO/c1-13-6-9(7-13)11(15-13)12(16)8-3-2-4-10(14)5-8/h2-5,9,11-12,15-16H,6-7H2,1H3/t9?,11?,12-,13?/m0/s1. The van der Waals surface area contributed by atoms with Gasteiger partial charge < -0.3 is 10.4 Å². The van der Waals surface area contributed by atoms with E-state index in [4.69, 9.17) is 0 Å². The molecule has 0 spiro atoms. The average molecular weight is 221 g/mol. The van der Waals surface area contributed by atoms with Crippen LogP contribution in [-0.4, -0.2) is 16.7 Å². The van der Waals surface area contributed by atoms with Crippen LogP contribution >= 0.6 is 0 Å². The fourth-order valence-electron chi connectivity index (χ4n) is 3.22. The van der Waals surface area contributed by atoms with E-state index in [0.29, 0.717) is 11.5 Å². The molecule has 86 valence electrons. The first-order valence-corrected chi connectivity index (χ1v) is 5.79. The van der Waals surface area contributed by atoms with Gasteiger partial charge in [-0.1, -0.05) is 12.1 Å². The molecular weight excluding hydrogens is 205 g/mol. The third kappa shape index (κ3) is 1.46. The lowest BCUT2D eigenvalue weighted by molar-refractivity contribution is 0.121. The molecule has 2 bridgehead atoms. The van der Waals surface area contributed by atoms with Crippen LogP contribution in [0.5, 0.6) is 0 Å². The van der Waals surface area contributed by atoms with E-state index < -0.39 is 6.10 Å². The van der Waals surface area contributed by atoms with Gasteiger partial charge in [0.15, 0.2) is 0 Å². The van der Waals surface area contributed by atoms with E-state index in [1.807, 2.05) is 0 Å². The van der Waals surface area contributed by atoms with Crippen molar-refractivity contribution in [2.45, 2.75) is 37.5 Å². The van der Waals surface area contributed by atoms with Crippen LogP contribution < -0.4 is 5.32 Å². The molecule has 2 nitrogen and oxygen atoms in total. The maximum Gasteiger partial charge on any atom is 0.123 e. The van der Waals surface area contributed by atoms with Crippen molar-refractivity contribution in [2.24, 2.45) is 5.92 Å². The summed E-state index contributed by atoms with van der Waals surface area (Å²) in [6, 6.07) is 6.35. The molecule has 0 aromatic heterocycles. The largest absolute Gasteiger partial charge is 0.387 e. The van der Waals surface area contributed by atoms with Gasteiger partial charge in [-0.3, -0.25) is 0 Å². The minimum absolute atomic E-state index is 0.0896. The van der Waals surface area contributed by atoms with Crippen molar-refractivity contribution in [1.82, 2.24) is 5.32 Å². The van der Waals surface area contributed by atoms with Crippen LogP contribution in [0, 0.1) is 11.7 Å². The first-order valence-electron chi connectivity index (χ1n) is 5.79. The second-order valence-corrected chi connectivity index (χ2v) is 5.40. The smallest absolute Gasteiger partial charge is 0.123 e. The number of aliphatic hydroxyl groups is 1.